The minimum absolute atomic E-state index is 0.0159. The van der Waals surface area contributed by atoms with E-state index in [0.29, 0.717) is 13.0 Å². The van der Waals surface area contributed by atoms with Gasteiger partial charge in [-0.05, 0) is 36.5 Å². The Hall–Kier alpha value is -3.40. The lowest BCUT2D eigenvalue weighted by Gasteiger charge is -2.32. The zero-order valence-electron chi connectivity index (χ0n) is 20.6. The van der Waals surface area contributed by atoms with E-state index in [0.717, 1.165) is 42.4 Å². The molecule has 0 unspecified atom stereocenters. The van der Waals surface area contributed by atoms with Gasteiger partial charge < -0.3 is 10.2 Å². The molecule has 3 aromatic rings. The average Bonchev–Trinajstić information content (AvgIpc) is 2.92. The number of hydrogen-bond donors (Lipinski definition) is 1. The fourth-order valence-electron chi connectivity index (χ4n) is 5.02. The van der Waals surface area contributed by atoms with Gasteiger partial charge in [0.1, 0.15) is 6.04 Å². The second-order valence-electron chi connectivity index (χ2n) is 9.60. The summed E-state index contributed by atoms with van der Waals surface area (Å²) in [4.78, 5) is 28.9. The lowest BCUT2D eigenvalue weighted by atomic mass is 9.88. The Morgan fingerprint density at radius 2 is 1.31 bits per heavy atom. The number of carbonyl (C=O) groups is 2. The lowest BCUT2D eigenvalue weighted by molar-refractivity contribution is -0.141. The zero-order chi connectivity index (χ0) is 24.5. The molecule has 4 rings (SSSR count). The third-order valence-electron chi connectivity index (χ3n) is 7.10. The van der Waals surface area contributed by atoms with Gasteiger partial charge in [0, 0.05) is 24.9 Å². The number of benzene rings is 3. The fraction of sp³-hybridized carbons (Fsp3) is 0.355. The van der Waals surface area contributed by atoms with Crippen molar-refractivity contribution in [1.29, 1.82) is 0 Å². The Kier molecular flexibility index (Phi) is 8.72. The van der Waals surface area contributed by atoms with E-state index >= 15 is 0 Å². The smallest absolute Gasteiger partial charge is 0.242 e. The molecule has 0 aliphatic heterocycles. The highest BCUT2D eigenvalue weighted by molar-refractivity contribution is 5.88. The quantitative estimate of drug-likeness (QED) is 0.414. The summed E-state index contributed by atoms with van der Waals surface area (Å²) < 4.78 is 0. The van der Waals surface area contributed by atoms with Crippen molar-refractivity contribution in [2.45, 2.75) is 70.0 Å². The molecule has 35 heavy (non-hydrogen) atoms. The molecule has 3 aromatic carbocycles. The van der Waals surface area contributed by atoms with Gasteiger partial charge in [0.2, 0.25) is 11.8 Å². The highest BCUT2D eigenvalue weighted by Crippen LogP contribution is 2.29. The maximum atomic E-state index is 13.9. The summed E-state index contributed by atoms with van der Waals surface area (Å²) in [6, 6.07) is 29.9. The first-order valence-corrected chi connectivity index (χ1v) is 12.9. The lowest BCUT2D eigenvalue weighted by Crippen LogP contribution is -2.50. The number of amides is 2. The minimum Gasteiger partial charge on any atom is -0.352 e. The fourth-order valence-corrected chi connectivity index (χ4v) is 5.02. The van der Waals surface area contributed by atoms with Crippen molar-refractivity contribution in [3.8, 4) is 0 Å². The summed E-state index contributed by atoms with van der Waals surface area (Å²) >= 11 is 0. The zero-order valence-corrected chi connectivity index (χ0v) is 20.6. The van der Waals surface area contributed by atoms with E-state index in [1.165, 1.54) is 6.42 Å². The molecule has 0 saturated heterocycles. The van der Waals surface area contributed by atoms with Gasteiger partial charge >= 0.3 is 0 Å². The number of carbonyl (C=O) groups excluding carboxylic acids is 2. The van der Waals surface area contributed by atoms with Gasteiger partial charge in [-0.1, -0.05) is 110 Å². The SMILES string of the molecule is C[C@@H](C(=O)NC1CCCCC1)N(Cc1ccccc1)C(=O)CC(c1ccccc1)c1ccccc1. The molecule has 182 valence electrons. The molecule has 4 nitrogen and oxygen atoms in total. The van der Waals surface area contributed by atoms with Gasteiger partial charge in [0.15, 0.2) is 0 Å². The topological polar surface area (TPSA) is 49.4 Å². The maximum absolute atomic E-state index is 13.9. The van der Waals surface area contributed by atoms with Crippen LogP contribution in [0, 0.1) is 0 Å². The molecule has 0 bridgehead atoms. The van der Waals surface area contributed by atoms with Crippen molar-refractivity contribution in [2.75, 3.05) is 0 Å². The molecular formula is C31H36N2O2. The van der Waals surface area contributed by atoms with Crippen LogP contribution >= 0.6 is 0 Å². The first-order chi connectivity index (χ1) is 17.1. The molecule has 0 spiro atoms. The van der Waals surface area contributed by atoms with Crippen LogP contribution in [0.15, 0.2) is 91.0 Å². The van der Waals surface area contributed by atoms with E-state index in [-0.39, 0.29) is 23.8 Å². The second kappa shape index (κ2) is 12.3. The Labute approximate surface area is 209 Å². The van der Waals surface area contributed by atoms with Crippen LogP contribution in [0.4, 0.5) is 0 Å². The number of hydrogen-bond acceptors (Lipinski definition) is 2. The summed E-state index contributed by atoms with van der Waals surface area (Å²) in [5, 5.41) is 3.22. The predicted molar refractivity (Wildman–Crippen MR) is 141 cm³/mol. The van der Waals surface area contributed by atoms with Crippen LogP contribution in [0.3, 0.4) is 0 Å². The summed E-state index contributed by atoms with van der Waals surface area (Å²) in [7, 11) is 0. The van der Waals surface area contributed by atoms with E-state index < -0.39 is 6.04 Å². The van der Waals surface area contributed by atoms with Crippen LogP contribution in [-0.4, -0.2) is 28.8 Å². The molecule has 2 amide bonds. The van der Waals surface area contributed by atoms with Crippen LogP contribution in [0.2, 0.25) is 0 Å². The molecule has 1 atom stereocenters. The summed E-state index contributed by atoms with van der Waals surface area (Å²) in [6.07, 6.45) is 5.90. The van der Waals surface area contributed by atoms with Gasteiger partial charge in [0.25, 0.3) is 0 Å². The van der Waals surface area contributed by atoms with Gasteiger partial charge in [-0.25, -0.2) is 0 Å². The van der Waals surface area contributed by atoms with Gasteiger partial charge in [-0.3, -0.25) is 9.59 Å². The molecule has 0 aromatic heterocycles. The minimum atomic E-state index is -0.545. The van der Waals surface area contributed by atoms with Crippen molar-refractivity contribution < 1.29 is 9.59 Å². The van der Waals surface area contributed by atoms with Gasteiger partial charge in [0.05, 0.1) is 0 Å². The normalized spacial score (nSPS) is 14.9. The molecule has 1 aliphatic rings. The summed E-state index contributed by atoms with van der Waals surface area (Å²) in [5.41, 5.74) is 3.23. The van der Waals surface area contributed by atoms with Crippen molar-refractivity contribution in [1.82, 2.24) is 10.2 Å². The van der Waals surface area contributed by atoms with Crippen LogP contribution in [-0.2, 0) is 16.1 Å². The van der Waals surface area contributed by atoms with Crippen LogP contribution in [0.1, 0.15) is 68.1 Å². The van der Waals surface area contributed by atoms with Crippen LogP contribution < -0.4 is 5.32 Å². The van der Waals surface area contributed by atoms with Gasteiger partial charge in [-0.2, -0.15) is 0 Å². The average molecular weight is 469 g/mol. The Morgan fingerprint density at radius 1 is 0.800 bits per heavy atom. The molecule has 1 aliphatic carbocycles. The van der Waals surface area contributed by atoms with E-state index in [9.17, 15) is 9.59 Å². The van der Waals surface area contributed by atoms with E-state index in [1.54, 1.807) is 4.90 Å². The molecule has 0 heterocycles. The molecule has 0 radical (unpaired) electrons. The van der Waals surface area contributed by atoms with E-state index in [1.807, 2.05) is 73.7 Å². The third kappa shape index (κ3) is 6.82. The van der Waals surface area contributed by atoms with Crippen LogP contribution in [0.5, 0.6) is 0 Å². The first kappa shape index (κ1) is 24.7. The Bertz CT molecular complexity index is 1020. The summed E-state index contributed by atoms with van der Waals surface area (Å²) in [5.74, 6) is -0.146. The predicted octanol–water partition coefficient (Wildman–Crippen LogP) is 6.07. The molecule has 1 fully saturated rings. The largest absolute Gasteiger partial charge is 0.352 e. The second-order valence-corrected chi connectivity index (χ2v) is 9.60. The number of nitrogens with one attached hydrogen (secondary N) is 1. The molecule has 4 heteroatoms. The highest BCUT2D eigenvalue weighted by Gasteiger charge is 2.30. The van der Waals surface area contributed by atoms with E-state index in [4.69, 9.17) is 0 Å². The summed E-state index contributed by atoms with van der Waals surface area (Å²) in [6.45, 7) is 2.27. The Morgan fingerprint density at radius 3 is 1.86 bits per heavy atom. The Balaban J connectivity index is 1.57. The first-order valence-electron chi connectivity index (χ1n) is 12.9. The third-order valence-corrected chi connectivity index (χ3v) is 7.10. The van der Waals surface area contributed by atoms with Crippen molar-refractivity contribution in [2.24, 2.45) is 0 Å². The maximum Gasteiger partial charge on any atom is 0.242 e. The monoisotopic (exact) mass is 468 g/mol. The molecule has 1 N–H and O–H groups in total. The molecule has 1 saturated carbocycles. The van der Waals surface area contributed by atoms with Crippen molar-refractivity contribution in [3.05, 3.63) is 108 Å². The number of nitrogens with zero attached hydrogens (tertiary/aromatic N) is 1. The number of rotatable bonds is 9. The standard InChI is InChI=1S/C31H36N2O2/c1-24(31(35)32-28-20-12-5-13-21-28)33(23-25-14-6-2-7-15-25)30(34)22-29(26-16-8-3-9-17-26)27-18-10-4-11-19-27/h2-4,6-11,14-19,24,28-29H,5,12-13,20-23H2,1H3,(H,32,35)/t24-/m0/s1. The van der Waals surface area contributed by atoms with Crippen molar-refractivity contribution >= 4 is 11.8 Å². The van der Waals surface area contributed by atoms with E-state index in [2.05, 4.69) is 29.6 Å². The van der Waals surface area contributed by atoms with Crippen LogP contribution in [0.25, 0.3) is 0 Å². The van der Waals surface area contributed by atoms with Gasteiger partial charge in [-0.15, -0.1) is 0 Å². The highest BCUT2D eigenvalue weighted by atomic mass is 16.2. The molecular weight excluding hydrogens is 432 g/mol. The van der Waals surface area contributed by atoms with Crippen molar-refractivity contribution in [3.63, 3.8) is 0 Å².